The van der Waals surface area contributed by atoms with E-state index in [1.807, 2.05) is 6.07 Å². The minimum Gasteiger partial charge on any atom is -0.310 e. The first-order valence-corrected chi connectivity index (χ1v) is 7.70. The van der Waals surface area contributed by atoms with Crippen LogP contribution in [0.1, 0.15) is 32.7 Å². The van der Waals surface area contributed by atoms with Crippen molar-refractivity contribution in [1.29, 1.82) is 5.26 Å². The molecule has 0 aliphatic carbocycles. The maximum atomic E-state index is 12.4. The first-order chi connectivity index (χ1) is 12.8. The van der Waals surface area contributed by atoms with Crippen molar-refractivity contribution >= 4 is 29.2 Å². The molecule has 2 aromatic rings. The molecule has 0 bridgehead atoms. The number of nitro groups is 1. The molecule has 1 aliphatic rings. The van der Waals surface area contributed by atoms with Crippen LogP contribution in [0, 0.1) is 21.4 Å². The highest BCUT2D eigenvalue weighted by atomic mass is 16.6. The Morgan fingerprint density at radius 1 is 1.37 bits per heavy atom. The number of aromatic nitrogens is 2. The number of nitrogens with one attached hydrogen (secondary N) is 1. The number of hydrogen-bond acceptors (Lipinski definition) is 7. The van der Waals surface area contributed by atoms with E-state index >= 15 is 0 Å². The van der Waals surface area contributed by atoms with E-state index < -0.39 is 28.3 Å². The number of hydrogen-bond donors (Lipinski definition) is 1. The standard InChI is InChI=1S/C16H12N6O5/c1-20-14(9(7-17)8-18-20)19-12(23)5-6-21-15(24)10-3-2-4-11(22(26)27)13(10)16(21)25/h2-4,8H,5-6H2,1H3,(H,19,23). The summed E-state index contributed by atoms with van der Waals surface area (Å²) in [5.41, 5.74) is -0.618. The number of rotatable bonds is 5. The predicted octanol–water partition coefficient (Wildman–Crippen LogP) is 0.825. The maximum Gasteiger partial charge on any atom is 0.282 e. The Balaban J connectivity index is 1.73. The number of anilines is 1. The van der Waals surface area contributed by atoms with Gasteiger partial charge in [0.15, 0.2) is 0 Å². The van der Waals surface area contributed by atoms with Crippen LogP contribution in [-0.2, 0) is 11.8 Å². The van der Waals surface area contributed by atoms with Crippen molar-refractivity contribution in [2.75, 3.05) is 11.9 Å². The molecule has 11 heteroatoms. The fourth-order valence-corrected chi connectivity index (χ4v) is 2.75. The van der Waals surface area contributed by atoms with Crippen molar-refractivity contribution in [2.24, 2.45) is 7.05 Å². The number of carbonyl (C=O) groups excluding carboxylic acids is 3. The van der Waals surface area contributed by atoms with E-state index in [4.69, 9.17) is 5.26 Å². The molecular weight excluding hydrogens is 356 g/mol. The molecule has 0 atom stereocenters. The predicted molar refractivity (Wildman–Crippen MR) is 89.6 cm³/mol. The molecule has 0 spiro atoms. The molecule has 3 rings (SSSR count). The highest BCUT2D eigenvalue weighted by molar-refractivity contribution is 6.23. The van der Waals surface area contributed by atoms with Gasteiger partial charge in [0.1, 0.15) is 23.0 Å². The molecule has 136 valence electrons. The molecule has 0 fully saturated rings. The van der Waals surface area contributed by atoms with Gasteiger partial charge in [0.2, 0.25) is 5.91 Å². The Kier molecular flexibility index (Phi) is 4.39. The van der Waals surface area contributed by atoms with E-state index in [2.05, 4.69) is 10.4 Å². The third kappa shape index (κ3) is 2.99. The number of amides is 3. The summed E-state index contributed by atoms with van der Waals surface area (Å²) in [5.74, 6) is -1.85. The smallest absolute Gasteiger partial charge is 0.282 e. The van der Waals surface area contributed by atoms with Crippen LogP contribution < -0.4 is 5.32 Å². The summed E-state index contributed by atoms with van der Waals surface area (Å²) in [7, 11) is 1.54. The van der Waals surface area contributed by atoms with Crippen molar-refractivity contribution in [1.82, 2.24) is 14.7 Å². The van der Waals surface area contributed by atoms with Crippen molar-refractivity contribution in [3.05, 3.63) is 51.2 Å². The second-order valence-electron chi connectivity index (χ2n) is 5.66. The van der Waals surface area contributed by atoms with Gasteiger partial charge in [0.25, 0.3) is 17.5 Å². The highest BCUT2D eigenvalue weighted by Gasteiger charge is 2.40. The van der Waals surface area contributed by atoms with E-state index in [0.29, 0.717) is 0 Å². The number of nitriles is 1. The normalized spacial score (nSPS) is 12.7. The number of carbonyl (C=O) groups is 3. The van der Waals surface area contributed by atoms with E-state index in [0.717, 1.165) is 11.0 Å². The van der Waals surface area contributed by atoms with E-state index in [-0.39, 0.29) is 35.5 Å². The lowest BCUT2D eigenvalue weighted by Crippen LogP contribution is -2.33. The Morgan fingerprint density at radius 3 is 2.78 bits per heavy atom. The Bertz CT molecular complexity index is 1030. The third-order valence-electron chi connectivity index (χ3n) is 4.05. The molecule has 0 saturated carbocycles. The molecule has 11 nitrogen and oxygen atoms in total. The Hall–Kier alpha value is -4.07. The van der Waals surface area contributed by atoms with Crippen LogP contribution in [0.25, 0.3) is 0 Å². The van der Waals surface area contributed by atoms with E-state index in [1.54, 1.807) is 7.05 Å². The van der Waals surface area contributed by atoms with Gasteiger partial charge in [-0.2, -0.15) is 10.4 Å². The number of benzene rings is 1. The minimum absolute atomic E-state index is 0.0620. The second kappa shape index (κ2) is 6.68. The van der Waals surface area contributed by atoms with Crippen molar-refractivity contribution in [3.8, 4) is 6.07 Å². The minimum atomic E-state index is -0.812. The summed E-state index contributed by atoms with van der Waals surface area (Å²) in [5, 5.41) is 26.4. The van der Waals surface area contributed by atoms with Gasteiger partial charge in [-0.25, -0.2) is 0 Å². The summed E-state index contributed by atoms with van der Waals surface area (Å²) in [6.45, 7) is -0.255. The van der Waals surface area contributed by atoms with Crippen LogP contribution in [0.2, 0.25) is 0 Å². The molecule has 2 heterocycles. The van der Waals surface area contributed by atoms with E-state index in [1.165, 1.54) is 23.0 Å². The number of fused-ring (bicyclic) bond motifs is 1. The molecule has 0 saturated heterocycles. The molecule has 1 aliphatic heterocycles. The fraction of sp³-hybridized carbons (Fsp3) is 0.188. The average molecular weight is 368 g/mol. The average Bonchev–Trinajstić information content (AvgIpc) is 3.11. The summed E-state index contributed by atoms with van der Waals surface area (Å²) in [6.07, 6.45) is 1.05. The number of nitrogens with zero attached hydrogens (tertiary/aromatic N) is 5. The summed E-state index contributed by atoms with van der Waals surface area (Å²) >= 11 is 0. The van der Waals surface area contributed by atoms with Crippen molar-refractivity contribution in [2.45, 2.75) is 6.42 Å². The van der Waals surface area contributed by atoms with Crippen molar-refractivity contribution < 1.29 is 19.3 Å². The molecule has 3 amide bonds. The number of imide groups is 1. The number of aryl methyl sites for hydroxylation is 1. The molecule has 1 N–H and O–H groups in total. The zero-order valence-electron chi connectivity index (χ0n) is 14.0. The van der Waals surface area contributed by atoms with Gasteiger partial charge < -0.3 is 5.32 Å². The molecule has 0 unspecified atom stereocenters. The zero-order valence-corrected chi connectivity index (χ0v) is 14.0. The van der Waals surface area contributed by atoms with Crippen LogP contribution in [-0.4, -0.2) is 43.9 Å². The van der Waals surface area contributed by atoms with Crippen LogP contribution in [0.15, 0.2) is 24.4 Å². The van der Waals surface area contributed by atoms with Crippen LogP contribution in [0.3, 0.4) is 0 Å². The Labute approximate surface area is 151 Å². The van der Waals surface area contributed by atoms with Crippen LogP contribution >= 0.6 is 0 Å². The molecule has 1 aromatic heterocycles. The maximum absolute atomic E-state index is 12.4. The number of nitro benzene ring substituents is 1. The molecule has 0 radical (unpaired) electrons. The summed E-state index contributed by atoms with van der Waals surface area (Å²) < 4.78 is 1.31. The second-order valence-corrected chi connectivity index (χ2v) is 5.66. The zero-order chi connectivity index (χ0) is 19.7. The van der Waals surface area contributed by atoms with Crippen molar-refractivity contribution in [3.63, 3.8) is 0 Å². The van der Waals surface area contributed by atoms with Gasteiger partial charge in [-0.05, 0) is 6.07 Å². The van der Waals surface area contributed by atoms with Gasteiger partial charge in [-0.15, -0.1) is 0 Å². The summed E-state index contributed by atoms with van der Waals surface area (Å²) in [4.78, 5) is 48.1. The van der Waals surface area contributed by atoms with Gasteiger partial charge in [0, 0.05) is 26.1 Å². The van der Waals surface area contributed by atoms with Crippen LogP contribution in [0.5, 0.6) is 0 Å². The van der Waals surface area contributed by atoms with E-state index in [9.17, 15) is 24.5 Å². The SMILES string of the molecule is Cn1ncc(C#N)c1NC(=O)CCN1C(=O)c2cccc([N+](=O)[O-])c2C1=O. The molecular formula is C16H12N6O5. The van der Waals surface area contributed by atoms with Gasteiger partial charge in [-0.3, -0.25) is 34.1 Å². The molecule has 27 heavy (non-hydrogen) atoms. The molecule has 1 aromatic carbocycles. The van der Waals surface area contributed by atoms with Crippen LogP contribution in [0.4, 0.5) is 11.5 Å². The lowest BCUT2D eigenvalue weighted by molar-refractivity contribution is -0.385. The van der Waals surface area contributed by atoms with Gasteiger partial charge in [-0.1, -0.05) is 6.07 Å². The quantitative estimate of drug-likeness (QED) is 0.466. The third-order valence-corrected chi connectivity index (χ3v) is 4.05. The summed E-state index contributed by atoms with van der Waals surface area (Å²) in [6, 6.07) is 5.68. The highest BCUT2D eigenvalue weighted by Crippen LogP contribution is 2.30. The lowest BCUT2D eigenvalue weighted by atomic mass is 10.1. The lowest BCUT2D eigenvalue weighted by Gasteiger charge is -2.13. The largest absolute Gasteiger partial charge is 0.310 e. The topological polar surface area (TPSA) is 151 Å². The Morgan fingerprint density at radius 2 is 2.11 bits per heavy atom. The first-order valence-electron chi connectivity index (χ1n) is 7.70. The van der Waals surface area contributed by atoms with Gasteiger partial charge in [0.05, 0.1) is 16.7 Å². The fourth-order valence-electron chi connectivity index (χ4n) is 2.75. The van der Waals surface area contributed by atoms with Gasteiger partial charge >= 0.3 is 0 Å². The monoisotopic (exact) mass is 368 g/mol. The first kappa shape index (κ1) is 17.7.